The molecule has 5 N–H and O–H groups in total. The second kappa shape index (κ2) is 16.5. The van der Waals surface area contributed by atoms with Crippen molar-refractivity contribution in [2.45, 2.75) is 44.4 Å². The number of thioether (sulfide) groups is 1. The lowest BCUT2D eigenvalue weighted by Gasteiger charge is -2.49. The van der Waals surface area contributed by atoms with Crippen LogP contribution in [0.1, 0.15) is 64.1 Å². The van der Waals surface area contributed by atoms with Gasteiger partial charge in [-0.1, -0.05) is 5.16 Å². The lowest BCUT2D eigenvalue weighted by atomic mass is 10.00. The number of aliphatic carboxylic acids is 1. The Morgan fingerprint density at radius 2 is 1.61 bits per heavy atom. The van der Waals surface area contributed by atoms with Gasteiger partial charge in [0, 0.05) is 37.6 Å². The third-order valence-corrected chi connectivity index (χ3v) is 10.5. The number of thiazole rings is 1. The normalized spacial score (nSPS) is 16.7. The molecule has 0 saturated carbocycles. The molecule has 1 saturated heterocycles. The minimum absolute atomic E-state index is 0.0181. The number of esters is 3. The Balaban J connectivity index is 1.27. The maximum Gasteiger partial charge on any atom is 0.375 e. The number of oxime groups is 1. The fraction of sp³-hybridized carbons (Fsp3) is 0.242. The molecule has 0 aliphatic carbocycles. The average molecular weight is 870 g/mol. The molecule has 3 atom stereocenters. The SMILES string of the molecule is CC(=O)Oc1cc(C(=O)ON=C(C(=O)N[C@@H]2C(=O)N3C(C(=O)O)=C(C(S)c4cc(C)nc5nc(C(=O)O)nn45)CS[C@H]23)c2csc(N)n2)cc(OC(C)=O)c1OC(C)=O. The second-order valence-corrected chi connectivity index (χ2v) is 14.7. The number of hydrogen-bond acceptors (Lipinski definition) is 21. The smallest absolute Gasteiger partial charge is 0.375 e. The Bertz CT molecular complexity index is 2550. The molecule has 306 valence electrons. The summed E-state index contributed by atoms with van der Waals surface area (Å²) in [6.07, 6.45) is 0. The Labute approximate surface area is 342 Å². The van der Waals surface area contributed by atoms with Crippen LogP contribution < -0.4 is 25.3 Å². The van der Waals surface area contributed by atoms with E-state index in [-0.39, 0.29) is 33.6 Å². The van der Waals surface area contributed by atoms with E-state index in [1.807, 2.05) is 0 Å². The van der Waals surface area contributed by atoms with E-state index < -0.39 is 104 Å². The number of carbonyl (C=O) groups excluding carboxylic acids is 6. The largest absolute Gasteiger partial charge is 0.477 e. The standard InChI is InChI=1S/C33H27N9O14S3/c1-10-5-17(42-33(35-10)38-25(39-42)30(50)51)24(57)15-8-58-28-21(27(47)41(28)22(15)29(48)49)37-26(46)20(16-9-59-32(34)36-16)40-56-31(52)14-6-18(53-11(2)43)23(55-13(4)45)19(7-14)54-12(3)44/h5-7,9,21,24,28,57H,8H2,1-4H3,(H2,34,36)(H,37,46)(H,48,49)(H,50,51)/t21-,24?,28-/m1/s1. The molecule has 23 nitrogen and oxygen atoms in total. The summed E-state index contributed by atoms with van der Waals surface area (Å²) < 4.78 is 16.3. The number of nitrogens with one attached hydrogen (secondary N) is 1. The number of aromatic nitrogens is 5. The number of aryl methyl sites for hydroxylation is 1. The quantitative estimate of drug-likeness (QED) is 0.0251. The number of carboxylic acid groups (broad SMARTS) is 2. The van der Waals surface area contributed by atoms with Gasteiger partial charge >= 0.3 is 35.8 Å². The number of benzene rings is 1. The number of ether oxygens (including phenoxy) is 3. The van der Waals surface area contributed by atoms with Gasteiger partial charge in [-0.3, -0.25) is 28.9 Å². The number of anilines is 1. The predicted octanol–water partition coefficient (Wildman–Crippen LogP) is 0.916. The van der Waals surface area contributed by atoms with Gasteiger partial charge in [-0.2, -0.15) is 22.1 Å². The Hall–Kier alpha value is -6.93. The van der Waals surface area contributed by atoms with E-state index in [1.54, 1.807) is 6.92 Å². The van der Waals surface area contributed by atoms with Crippen LogP contribution in [0, 0.1) is 6.92 Å². The molecule has 59 heavy (non-hydrogen) atoms. The Morgan fingerprint density at radius 3 is 2.17 bits per heavy atom. The lowest BCUT2D eigenvalue weighted by molar-refractivity contribution is -0.150. The number of nitrogen functional groups attached to an aromatic ring is 1. The van der Waals surface area contributed by atoms with Crippen LogP contribution in [-0.2, 0) is 33.6 Å². The van der Waals surface area contributed by atoms with Crippen molar-refractivity contribution in [2.24, 2.45) is 5.16 Å². The summed E-state index contributed by atoms with van der Waals surface area (Å²) in [5.74, 6) is -11.0. The fourth-order valence-corrected chi connectivity index (χ4v) is 8.14. The summed E-state index contributed by atoms with van der Waals surface area (Å²) in [6, 6.07) is 2.03. The van der Waals surface area contributed by atoms with Crippen LogP contribution in [0.15, 0.2) is 40.0 Å². The van der Waals surface area contributed by atoms with Crippen LogP contribution in [0.5, 0.6) is 17.2 Å². The second-order valence-electron chi connectivity index (χ2n) is 12.2. The van der Waals surface area contributed by atoms with Crippen molar-refractivity contribution < 1.29 is 67.6 Å². The molecule has 2 amide bonds. The molecule has 0 spiro atoms. The van der Waals surface area contributed by atoms with Crippen LogP contribution in [0.25, 0.3) is 5.78 Å². The van der Waals surface area contributed by atoms with Gasteiger partial charge in [0.15, 0.2) is 22.3 Å². The van der Waals surface area contributed by atoms with E-state index in [0.717, 1.165) is 65.4 Å². The van der Waals surface area contributed by atoms with Crippen LogP contribution in [0.4, 0.5) is 5.13 Å². The van der Waals surface area contributed by atoms with Gasteiger partial charge in [0.1, 0.15) is 22.8 Å². The summed E-state index contributed by atoms with van der Waals surface area (Å²) >= 11 is 6.63. The fourth-order valence-electron chi connectivity index (χ4n) is 5.68. The summed E-state index contributed by atoms with van der Waals surface area (Å²) in [4.78, 5) is 118. The zero-order valence-electron chi connectivity index (χ0n) is 30.5. The van der Waals surface area contributed by atoms with E-state index in [4.69, 9.17) is 24.8 Å². The number of thiol groups is 1. The third-order valence-electron chi connectivity index (χ3n) is 7.97. The number of carbonyl (C=O) groups is 8. The van der Waals surface area contributed by atoms with Gasteiger partial charge in [0.25, 0.3) is 23.4 Å². The van der Waals surface area contributed by atoms with Crippen molar-refractivity contribution in [1.29, 1.82) is 0 Å². The van der Waals surface area contributed by atoms with Crippen molar-refractivity contribution in [2.75, 3.05) is 11.5 Å². The highest BCUT2D eigenvalue weighted by Crippen LogP contribution is 2.45. The third kappa shape index (κ3) is 8.53. The van der Waals surface area contributed by atoms with Crippen molar-refractivity contribution in [3.63, 3.8) is 0 Å². The van der Waals surface area contributed by atoms with Gasteiger partial charge in [-0.05, 0) is 30.7 Å². The van der Waals surface area contributed by atoms with Gasteiger partial charge in [0.05, 0.1) is 16.5 Å². The molecule has 1 unspecified atom stereocenters. The number of nitrogens with zero attached hydrogens (tertiary/aromatic N) is 7. The molecule has 0 radical (unpaired) electrons. The molecule has 26 heteroatoms. The molecular weight excluding hydrogens is 843 g/mol. The monoisotopic (exact) mass is 869 g/mol. The van der Waals surface area contributed by atoms with E-state index in [0.29, 0.717) is 5.69 Å². The van der Waals surface area contributed by atoms with E-state index in [1.165, 1.54) is 11.4 Å². The highest BCUT2D eigenvalue weighted by Gasteiger charge is 2.55. The van der Waals surface area contributed by atoms with E-state index in [2.05, 4.69) is 43.2 Å². The summed E-state index contributed by atoms with van der Waals surface area (Å²) in [5.41, 5.74) is 4.83. The van der Waals surface area contributed by atoms with Gasteiger partial charge in [0.2, 0.25) is 5.75 Å². The zero-order valence-corrected chi connectivity index (χ0v) is 33.0. The zero-order chi connectivity index (χ0) is 43.0. The highest BCUT2D eigenvalue weighted by atomic mass is 32.2. The number of rotatable bonds is 12. The number of amides is 2. The van der Waals surface area contributed by atoms with Crippen LogP contribution >= 0.6 is 35.7 Å². The first kappa shape index (κ1) is 41.7. The van der Waals surface area contributed by atoms with E-state index in [9.17, 15) is 48.6 Å². The average Bonchev–Trinajstić information content (AvgIpc) is 3.79. The predicted molar refractivity (Wildman–Crippen MR) is 203 cm³/mol. The van der Waals surface area contributed by atoms with Crippen molar-refractivity contribution >= 4 is 100.0 Å². The number of aromatic carboxylic acids is 1. The molecule has 2 aliphatic rings. The maximum atomic E-state index is 13.7. The molecule has 3 aromatic heterocycles. The van der Waals surface area contributed by atoms with Crippen molar-refractivity contribution in [1.82, 2.24) is 34.8 Å². The number of hydrogen-bond donors (Lipinski definition) is 5. The first-order chi connectivity index (χ1) is 27.8. The molecule has 1 fully saturated rings. The summed E-state index contributed by atoms with van der Waals surface area (Å²) in [5, 5.41) is 29.1. The molecular formula is C33H27N9O14S3. The summed E-state index contributed by atoms with van der Waals surface area (Å²) in [6.45, 7) is 4.64. The lowest BCUT2D eigenvalue weighted by Crippen LogP contribution is -2.71. The molecule has 6 rings (SSSR count). The minimum atomic E-state index is -1.49. The Morgan fingerprint density at radius 1 is 0.966 bits per heavy atom. The topological polar surface area (TPSA) is 324 Å². The van der Waals surface area contributed by atoms with Gasteiger partial charge in [-0.15, -0.1) is 28.2 Å². The number of fused-ring (bicyclic) bond motifs is 2. The van der Waals surface area contributed by atoms with Gasteiger partial charge < -0.3 is 40.3 Å². The first-order valence-electron chi connectivity index (χ1n) is 16.5. The number of carboxylic acids is 2. The summed E-state index contributed by atoms with van der Waals surface area (Å²) in [7, 11) is 0. The van der Waals surface area contributed by atoms with Crippen molar-refractivity contribution in [3.05, 3.63) is 63.3 Å². The maximum absolute atomic E-state index is 13.7. The molecule has 1 aromatic carbocycles. The molecule has 0 bridgehead atoms. The minimum Gasteiger partial charge on any atom is -0.477 e. The van der Waals surface area contributed by atoms with E-state index >= 15 is 0 Å². The number of β-lactam (4-membered cyclic amide) rings is 1. The van der Waals surface area contributed by atoms with Gasteiger partial charge in [-0.25, -0.2) is 24.4 Å². The highest BCUT2D eigenvalue weighted by molar-refractivity contribution is 8.00. The van der Waals surface area contributed by atoms with Crippen LogP contribution in [-0.4, -0.2) is 110 Å². The van der Waals surface area contributed by atoms with Crippen LogP contribution in [0.2, 0.25) is 0 Å². The molecule has 2 aliphatic heterocycles. The number of nitrogens with two attached hydrogens (primary N) is 1. The first-order valence-corrected chi connectivity index (χ1v) is 18.9. The molecule has 5 heterocycles. The van der Waals surface area contributed by atoms with Crippen LogP contribution in [0.3, 0.4) is 0 Å². The Kier molecular flexibility index (Phi) is 11.7. The van der Waals surface area contributed by atoms with Crippen molar-refractivity contribution in [3.8, 4) is 17.2 Å². The molecule has 4 aromatic rings.